The molecular formula is C15H14BrFN2O2. The van der Waals surface area contributed by atoms with Gasteiger partial charge in [-0.1, -0.05) is 12.1 Å². The van der Waals surface area contributed by atoms with Crippen LogP contribution in [0.4, 0.5) is 4.39 Å². The molecule has 0 bridgehead atoms. The molecule has 3 N–H and O–H groups in total. The van der Waals surface area contributed by atoms with E-state index in [9.17, 15) is 4.39 Å². The molecule has 0 saturated carbocycles. The van der Waals surface area contributed by atoms with Crippen molar-refractivity contribution in [3.05, 3.63) is 57.8 Å². The van der Waals surface area contributed by atoms with Crippen molar-refractivity contribution in [3.63, 3.8) is 0 Å². The summed E-state index contributed by atoms with van der Waals surface area (Å²) < 4.78 is 24.7. The molecule has 0 aliphatic carbocycles. The standard InChI is InChI=1S/C15H14BrFN2O2/c1-20-10-4-2-9(3-5-10)8-21-12-7-6-11(15(18)19)13(16)14(12)17/h2-7H,8H2,1H3,(H3,18,19). The molecule has 0 aliphatic heterocycles. The van der Waals surface area contributed by atoms with Crippen molar-refractivity contribution in [2.24, 2.45) is 5.73 Å². The van der Waals surface area contributed by atoms with Gasteiger partial charge in [0, 0.05) is 5.56 Å². The first-order valence-corrected chi connectivity index (χ1v) is 6.90. The maximum absolute atomic E-state index is 14.1. The normalized spacial score (nSPS) is 10.2. The van der Waals surface area contributed by atoms with Gasteiger partial charge in [-0.05, 0) is 45.8 Å². The summed E-state index contributed by atoms with van der Waals surface area (Å²) in [5, 5.41) is 7.35. The molecule has 0 radical (unpaired) electrons. The van der Waals surface area contributed by atoms with Crippen LogP contribution in [0.15, 0.2) is 40.9 Å². The van der Waals surface area contributed by atoms with E-state index in [-0.39, 0.29) is 22.7 Å². The van der Waals surface area contributed by atoms with E-state index >= 15 is 0 Å². The number of hydrogen-bond acceptors (Lipinski definition) is 3. The van der Waals surface area contributed by atoms with Crippen LogP contribution in [0.25, 0.3) is 0 Å². The van der Waals surface area contributed by atoms with Crippen LogP contribution in [0.2, 0.25) is 0 Å². The molecule has 0 spiro atoms. The van der Waals surface area contributed by atoms with E-state index in [1.165, 1.54) is 6.07 Å². The minimum absolute atomic E-state index is 0.0997. The van der Waals surface area contributed by atoms with Gasteiger partial charge < -0.3 is 15.2 Å². The van der Waals surface area contributed by atoms with E-state index in [1.54, 1.807) is 13.2 Å². The zero-order valence-electron chi connectivity index (χ0n) is 11.3. The molecule has 0 atom stereocenters. The fraction of sp³-hybridized carbons (Fsp3) is 0.133. The van der Waals surface area contributed by atoms with E-state index in [1.807, 2.05) is 24.3 Å². The van der Waals surface area contributed by atoms with E-state index in [4.69, 9.17) is 20.6 Å². The molecular weight excluding hydrogens is 339 g/mol. The number of ether oxygens (including phenoxy) is 2. The van der Waals surface area contributed by atoms with Crippen molar-refractivity contribution in [3.8, 4) is 11.5 Å². The van der Waals surface area contributed by atoms with Gasteiger partial charge in [-0.25, -0.2) is 4.39 Å². The third kappa shape index (κ3) is 3.52. The molecule has 0 heterocycles. The Labute approximate surface area is 130 Å². The molecule has 0 aliphatic rings. The van der Waals surface area contributed by atoms with Crippen LogP contribution in [0.5, 0.6) is 11.5 Å². The maximum Gasteiger partial charge on any atom is 0.179 e. The molecule has 4 nitrogen and oxygen atoms in total. The molecule has 0 saturated heterocycles. The summed E-state index contributed by atoms with van der Waals surface area (Å²) in [5.41, 5.74) is 6.55. The third-order valence-electron chi connectivity index (χ3n) is 2.89. The Morgan fingerprint density at radius 3 is 2.48 bits per heavy atom. The van der Waals surface area contributed by atoms with Crippen LogP contribution in [0, 0.1) is 11.2 Å². The number of rotatable bonds is 5. The minimum atomic E-state index is -0.573. The van der Waals surface area contributed by atoms with E-state index < -0.39 is 5.82 Å². The van der Waals surface area contributed by atoms with Crippen LogP contribution < -0.4 is 15.2 Å². The second-order valence-electron chi connectivity index (χ2n) is 4.29. The van der Waals surface area contributed by atoms with Crippen LogP contribution >= 0.6 is 15.9 Å². The van der Waals surface area contributed by atoms with Gasteiger partial charge >= 0.3 is 0 Å². The molecule has 0 fully saturated rings. The summed E-state index contributed by atoms with van der Waals surface area (Å²) in [4.78, 5) is 0. The summed E-state index contributed by atoms with van der Waals surface area (Å²) in [7, 11) is 1.59. The highest BCUT2D eigenvalue weighted by Crippen LogP contribution is 2.29. The quantitative estimate of drug-likeness (QED) is 0.639. The first-order chi connectivity index (χ1) is 10.0. The lowest BCUT2D eigenvalue weighted by Gasteiger charge is -2.11. The van der Waals surface area contributed by atoms with Gasteiger partial charge in [-0.3, -0.25) is 5.41 Å². The summed E-state index contributed by atoms with van der Waals surface area (Å²) >= 11 is 3.08. The van der Waals surface area contributed by atoms with Crippen LogP contribution in [0.1, 0.15) is 11.1 Å². The Morgan fingerprint density at radius 2 is 1.90 bits per heavy atom. The first-order valence-electron chi connectivity index (χ1n) is 6.11. The molecule has 110 valence electrons. The topological polar surface area (TPSA) is 68.3 Å². The van der Waals surface area contributed by atoms with Crippen LogP contribution in [0.3, 0.4) is 0 Å². The molecule has 0 aromatic heterocycles. The summed E-state index contributed by atoms with van der Waals surface area (Å²) in [6.07, 6.45) is 0. The second kappa shape index (κ2) is 6.58. The smallest absolute Gasteiger partial charge is 0.179 e. The van der Waals surface area contributed by atoms with Crippen molar-refractivity contribution in [1.29, 1.82) is 5.41 Å². The van der Waals surface area contributed by atoms with Crippen LogP contribution in [-0.2, 0) is 6.61 Å². The first kappa shape index (κ1) is 15.3. The molecule has 0 amide bonds. The number of methoxy groups -OCH3 is 1. The monoisotopic (exact) mass is 352 g/mol. The Bertz CT molecular complexity index is 659. The van der Waals surface area contributed by atoms with Crippen molar-refractivity contribution < 1.29 is 13.9 Å². The summed E-state index contributed by atoms with van der Waals surface area (Å²) in [6, 6.07) is 10.3. The van der Waals surface area contributed by atoms with Gasteiger partial charge in [0.25, 0.3) is 0 Å². The van der Waals surface area contributed by atoms with Gasteiger partial charge in [-0.2, -0.15) is 0 Å². The molecule has 2 aromatic rings. The zero-order chi connectivity index (χ0) is 15.4. The number of hydrogen-bond donors (Lipinski definition) is 2. The Kier molecular flexibility index (Phi) is 4.80. The third-order valence-corrected chi connectivity index (χ3v) is 3.67. The highest BCUT2D eigenvalue weighted by atomic mass is 79.9. The van der Waals surface area contributed by atoms with Gasteiger partial charge in [-0.15, -0.1) is 0 Å². The number of nitrogen functional groups attached to an aromatic ring is 1. The van der Waals surface area contributed by atoms with E-state index in [0.717, 1.165) is 11.3 Å². The predicted molar refractivity (Wildman–Crippen MR) is 82.4 cm³/mol. The fourth-order valence-corrected chi connectivity index (χ4v) is 2.28. The Morgan fingerprint density at radius 1 is 1.24 bits per heavy atom. The Hall–Kier alpha value is -2.08. The fourth-order valence-electron chi connectivity index (χ4n) is 1.73. The second-order valence-corrected chi connectivity index (χ2v) is 5.08. The van der Waals surface area contributed by atoms with Gasteiger partial charge in [0.05, 0.1) is 11.6 Å². The van der Waals surface area contributed by atoms with Crippen molar-refractivity contribution in [2.45, 2.75) is 6.61 Å². The van der Waals surface area contributed by atoms with E-state index in [2.05, 4.69) is 15.9 Å². The largest absolute Gasteiger partial charge is 0.497 e. The molecule has 21 heavy (non-hydrogen) atoms. The molecule has 0 unspecified atom stereocenters. The predicted octanol–water partition coefficient (Wildman–Crippen LogP) is 3.46. The molecule has 2 rings (SSSR count). The average Bonchev–Trinajstić information content (AvgIpc) is 2.49. The summed E-state index contributed by atoms with van der Waals surface area (Å²) in [5.74, 6) is 0.0693. The zero-order valence-corrected chi connectivity index (χ0v) is 12.9. The summed E-state index contributed by atoms with van der Waals surface area (Å²) in [6.45, 7) is 0.229. The van der Waals surface area contributed by atoms with Gasteiger partial charge in [0.2, 0.25) is 0 Å². The lowest BCUT2D eigenvalue weighted by atomic mass is 10.2. The molecule has 6 heteroatoms. The van der Waals surface area contributed by atoms with Crippen molar-refractivity contribution in [1.82, 2.24) is 0 Å². The highest BCUT2D eigenvalue weighted by Gasteiger charge is 2.14. The number of nitrogens with two attached hydrogens (primary N) is 1. The maximum atomic E-state index is 14.1. The number of amidine groups is 1. The Balaban J connectivity index is 2.12. The SMILES string of the molecule is COc1ccc(COc2ccc(C(=N)N)c(Br)c2F)cc1. The van der Waals surface area contributed by atoms with Gasteiger partial charge in [0.1, 0.15) is 18.2 Å². The lowest BCUT2D eigenvalue weighted by molar-refractivity contribution is 0.289. The lowest BCUT2D eigenvalue weighted by Crippen LogP contribution is -2.12. The number of halogens is 2. The average molecular weight is 353 g/mol. The number of nitrogens with one attached hydrogen (secondary N) is 1. The van der Waals surface area contributed by atoms with Gasteiger partial charge in [0.15, 0.2) is 11.6 Å². The van der Waals surface area contributed by atoms with Crippen LogP contribution in [-0.4, -0.2) is 12.9 Å². The van der Waals surface area contributed by atoms with Crippen molar-refractivity contribution in [2.75, 3.05) is 7.11 Å². The van der Waals surface area contributed by atoms with E-state index in [0.29, 0.717) is 5.56 Å². The minimum Gasteiger partial charge on any atom is -0.497 e. The number of benzene rings is 2. The van der Waals surface area contributed by atoms with Crippen molar-refractivity contribution >= 4 is 21.8 Å². The highest BCUT2D eigenvalue weighted by molar-refractivity contribution is 9.10. The molecule has 2 aromatic carbocycles.